The van der Waals surface area contributed by atoms with Crippen LogP contribution in [0.5, 0.6) is 0 Å². The van der Waals surface area contributed by atoms with Crippen LogP contribution in [0.1, 0.15) is 0 Å². The van der Waals surface area contributed by atoms with Crippen LogP contribution < -0.4 is 0 Å². The van der Waals surface area contributed by atoms with Gasteiger partial charge in [-0.1, -0.05) is 0 Å². The molecule has 5 nitrogen and oxygen atoms in total. The van der Waals surface area contributed by atoms with Crippen LogP contribution in [0.15, 0.2) is 0 Å². The summed E-state index contributed by atoms with van der Waals surface area (Å²) in [5.41, 5.74) is 6.79. The number of nitrogens with one attached hydrogen (secondary N) is 1. The number of hydrogen-bond acceptors (Lipinski definition) is 4. The third-order valence-electron chi connectivity index (χ3n) is 1.23. The summed E-state index contributed by atoms with van der Waals surface area (Å²) in [5.74, 6) is 0. The molecule has 2 N–H and O–H groups in total. The monoisotopic (exact) mass is 333 g/mol. The minimum absolute atomic E-state index is 0. The van der Waals surface area contributed by atoms with Crippen LogP contribution in [0.3, 0.4) is 0 Å². The Kier molecular flexibility index (Phi) is 20.8. The first kappa shape index (κ1) is 17.6. The molecule has 0 amide bonds. The van der Waals surface area contributed by atoms with E-state index >= 15 is 0 Å². The summed E-state index contributed by atoms with van der Waals surface area (Å²) in [7, 11) is 0. The smallest absolute Gasteiger partial charge is 0.0701 e. The van der Waals surface area contributed by atoms with Gasteiger partial charge in [0.15, 0.2) is 0 Å². The van der Waals surface area contributed by atoms with Crippen molar-refractivity contribution in [2.75, 3.05) is 52.8 Å². The summed E-state index contributed by atoms with van der Waals surface area (Å²) in [5, 5.41) is 8.36. The van der Waals surface area contributed by atoms with Gasteiger partial charge in [-0.3, -0.25) is 0 Å². The zero-order chi connectivity index (χ0) is 9.78. The third-order valence-corrected chi connectivity index (χ3v) is 1.23. The van der Waals surface area contributed by atoms with Gasteiger partial charge in [0, 0.05) is 47.9 Å². The molecule has 83 valence electrons. The van der Waals surface area contributed by atoms with Crippen molar-refractivity contribution >= 4 is 0 Å². The summed E-state index contributed by atoms with van der Waals surface area (Å²) in [6, 6.07) is 0. The normalized spacial score (nSPS) is 9.86. The fourth-order valence-corrected chi connectivity index (χ4v) is 0.679. The van der Waals surface area contributed by atoms with E-state index in [1.165, 1.54) is 0 Å². The van der Waals surface area contributed by atoms with Crippen LogP contribution in [0.4, 0.5) is 0 Å². The fraction of sp³-hybridized carbons (Fsp3) is 1.00. The summed E-state index contributed by atoms with van der Waals surface area (Å²) in [6.45, 7) is 3.24. The zero-order valence-electron chi connectivity index (χ0n) is 8.41. The molecule has 1 radical (unpaired) electrons. The molecule has 0 rings (SSSR count). The van der Waals surface area contributed by atoms with Gasteiger partial charge in [0.2, 0.25) is 0 Å². The second kappa shape index (κ2) is 16.6. The second-order valence-electron chi connectivity index (χ2n) is 2.31. The molecule has 0 aromatic carbocycles. The standard InChI is InChI=1S/C8H18NO4.Pr/c9-1-3-11-5-7-13-8-6-12-4-2-10;/h9-10H,1-8H2;/q-1;. The van der Waals surface area contributed by atoms with Crippen LogP contribution in [0.2, 0.25) is 0 Å². The maximum Gasteiger partial charge on any atom is 0.0701 e. The Morgan fingerprint density at radius 2 is 1.21 bits per heavy atom. The Hall–Kier alpha value is 1.16. The van der Waals surface area contributed by atoms with E-state index in [-0.39, 0.29) is 47.9 Å². The third kappa shape index (κ3) is 15.6. The first-order valence-electron chi connectivity index (χ1n) is 4.40. The average molecular weight is 333 g/mol. The molecule has 0 aromatic rings. The largest absolute Gasteiger partial charge is 0.676 e. The van der Waals surface area contributed by atoms with Crippen molar-refractivity contribution in [3.63, 3.8) is 0 Å². The van der Waals surface area contributed by atoms with Gasteiger partial charge in [-0.15, -0.1) is 6.54 Å². The number of hydrogen-bond donors (Lipinski definition) is 1. The molecule has 0 aliphatic heterocycles. The second-order valence-corrected chi connectivity index (χ2v) is 2.31. The SMILES string of the molecule is [NH-]CCOCCOCCOCCO.[Pr]. The van der Waals surface area contributed by atoms with Gasteiger partial charge in [-0.05, 0) is 0 Å². The van der Waals surface area contributed by atoms with E-state index in [0.29, 0.717) is 46.2 Å². The van der Waals surface area contributed by atoms with Gasteiger partial charge in [0.25, 0.3) is 0 Å². The van der Waals surface area contributed by atoms with Crippen LogP contribution in [0.25, 0.3) is 5.73 Å². The van der Waals surface area contributed by atoms with E-state index in [1.54, 1.807) is 0 Å². The van der Waals surface area contributed by atoms with Crippen molar-refractivity contribution in [3.05, 3.63) is 5.73 Å². The minimum atomic E-state index is 0. The van der Waals surface area contributed by atoms with E-state index in [9.17, 15) is 0 Å². The van der Waals surface area contributed by atoms with E-state index in [0.717, 1.165) is 0 Å². The average Bonchev–Trinajstić information content (AvgIpc) is 2.16. The van der Waals surface area contributed by atoms with E-state index in [4.69, 9.17) is 25.1 Å². The quantitative estimate of drug-likeness (QED) is 0.575. The van der Waals surface area contributed by atoms with Gasteiger partial charge in [0.1, 0.15) is 0 Å². The molecule has 0 bridgehead atoms. The molecule has 0 aromatic heterocycles. The Morgan fingerprint density at radius 1 is 0.786 bits per heavy atom. The topological polar surface area (TPSA) is 71.7 Å². The molecule has 0 aliphatic carbocycles. The van der Waals surface area contributed by atoms with Crippen LogP contribution in [-0.2, 0) is 14.2 Å². The molecule has 0 spiro atoms. The summed E-state index contributed by atoms with van der Waals surface area (Å²) < 4.78 is 15.1. The first-order chi connectivity index (χ1) is 6.41. The molecule has 0 atom stereocenters. The number of ether oxygens (including phenoxy) is 3. The van der Waals surface area contributed by atoms with Crippen LogP contribution >= 0.6 is 0 Å². The van der Waals surface area contributed by atoms with Crippen molar-refractivity contribution < 1.29 is 60.6 Å². The van der Waals surface area contributed by atoms with Crippen molar-refractivity contribution in [3.8, 4) is 0 Å². The number of aliphatic hydroxyl groups excluding tert-OH is 1. The van der Waals surface area contributed by atoms with Gasteiger partial charge in [0.05, 0.1) is 39.6 Å². The Morgan fingerprint density at radius 3 is 1.64 bits per heavy atom. The maximum atomic E-state index is 8.36. The predicted octanol–water partition coefficient (Wildman–Crippen LogP) is 0.0807. The summed E-state index contributed by atoms with van der Waals surface area (Å²) in [6.07, 6.45) is 0. The maximum absolute atomic E-state index is 8.36. The van der Waals surface area contributed by atoms with Crippen molar-refractivity contribution in [2.45, 2.75) is 0 Å². The Balaban J connectivity index is 0. The van der Waals surface area contributed by atoms with Crippen molar-refractivity contribution in [1.82, 2.24) is 0 Å². The van der Waals surface area contributed by atoms with E-state index < -0.39 is 0 Å². The molecule has 0 unspecified atom stereocenters. The van der Waals surface area contributed by atoms with Crippen LogP contribution in [-0.4, -0.2) is 57.9 Å². The van der Waals surface area contributed by atoms with Crippen LogP contribution in [0, 0.1) is 41.3 Å². The molecule has 0 fully saturated rings. The van der Waals surface area contributed by atoms with Gasteiger partial charge < -0.3 is 25.1 Å². The number of aliphatic hydroxyl groups is 1. The zero-order valence-corrected chi connectivity index (χ0v) is 12.1. The number of rotatable bonds is 10. The fourth-order valence-electron chi connectivity index (χ4n) is 0.679. The molecular formula is C8H18NO4Pr-. The molecule has 0 saturated heterocycles. The molecule has 6 heteroatoms. The van der Waals surface area contributed by atoms with Crippen molar-refractivity contribution in [2.24, 2.45) is 0 Å². The summed E-state index contributed by atoms with van der Waals surface area (Å²) >= 11 is 0. The molecule has 0 heterocycles. The summed E-state index contributed by atoms with van der Waals surface area (Å²) in [4.78, 5) is 0. The van der Waals surface area contributed by atoms with E-state index in [2.05, 4.69) is 0 Å². The van der Waals surface area contributed by atoms with Crippen molar-refractivity contribution in [1.29, 1.82) is 0 Å². The van der Waals surface area contributed by atoms with Gasteiger partial charge >= 0.3 is 0 Å². The Bertz CT molecular complexity index is 87.4. The Labute approximate surface area is 118 Å². The minimum Gasteiger partial charge on any atom is -0.676 e. The predicted molar refractivity (Wildman–Crippen MR) is 48.7 cm³/mol. The molecular weight excluding hydrogens is 315 g/mol. The van der Waals surface area contributed by atoms with Gasteiger partial charge in [-0.2, -0.15) is 0 Å². The van der Waals surface area contributed by atoms with Gasteiger partial charge in [-0.25, -0.2) is 0 Å². The first-order valence-corrected chi connectivity index (χ1v) is 4.40. The van der Waals surface area contributed by atoms with E-state index in [1.807, 2.05) is 0 Å². The molecule has 0 saturated carbocycles. The molecule has 0 aliphatic rings. The molecule has 14 heavy (non-hydrogen) atoms.